The molecule has 0 bridgehead atoms. The van der Waals surface area contributed by atoms with Crippen molar-refractivity contribution in [3.05, 3.63) is 111 Å². The summed E-state index contributed by atoms with van der Waals surface area (Å²) in [7, 11) is 0. The van der Waals surface area contributed by atoms with Crippen LogP contribution in [0.2, 0.25) is 5.02 Å². The number of likely N-dealkylation sites (tertiary alicyclic amines) is 1. The Kier molecular flexibility index (Phi) is 13.7. The molecule has 2 aromatic heterocycles. The van der Waals surface area contributed by atoms with Crippen LogP contribution in [0.25, 0.3) is 21.8 Å². The number of carbonyl (C=O) groups excluding carboxylic acids is 2. The van der Waals surface area contributed by atoms with Crippen LogP contribution in [0, 0.1) is 5.92 Å². The molecule has 3 aromatic carbocycles. The van der Waals surface area contributed by atoms with Crippen molar-refractivity contribution < 1.29 is 19.4 Å². The number of rotatable bonds is 16. The van der Waals surface area contributed by atoms with E-state index in [1.807, 2.05) is 53.4 Å². The zero-order valence-corrected chi connectivity index (χ0v) is 36.8. The van der Waals surface area contributed by atoms with E-state index in [-0.39, 0.29) is 29.8 Å². The number of nitrogens with one attached hydrogen (secondary N) is 1. The summed E-state index contributed by atoms with van der Waals surface area (Å²) in [5, 5.41) is 16.7. The smallest absolute Gasteiger partial charge is 0.261 e. The van der Waals surface area contributed by atoms with Gasteiger partial charge in [0, 0.05) is 110 Å². The van der Waals surface area contributed by atoms with Crippen LogP contribution in [0.15, 0.2) is 83.9 Å². The molecule has 2 N–H and O–H groups in total. The lowest BCUT2D eigenvalue weighted by Gasteiger charge is -2.39. The summed E-state index contributed by atoms with van der Waals surface area (Å²) in [5.41, 5.74) is 2.49. The number of piperazine rings is 1. The molecule has 1 saturated carbocycles. The molecule has 2 amide bonds. The van der Waals surface area contributed by atoms with Crippen molar-refractivity contribution in [3.63, 3.8) is 0 Å². The SMILES string of the molecule is O=C(NCCC[C@H](Cc1ccccc1)C(=O)N1CCC(O)(Cn2cnc3cc(OCCCN4CCN(I)CC4)ccc3c2=O)CC1)c1ccc2c(Cl)cc(C3CC3)nc2c1. The van der Waals surface area contributed by atoms with Gasteiger partial charge in [0.15, 0.2) is 0 Å². The summed E-state index contributed by atoms with van der Waals surface area (Å²) in [4.78, 5) is 54.5. The van der Waals surface area contributed by atoms with Crippen LogP contribution in [0.5, 0.6) is 5.75 Å². The number of nitrogens with zero attached hydrogens (tertiary/aromatic N) is 6. The zero-order valence-electron chi connectivity index (χ0n) is 33.9. The summed E-state index contributed by atoms with van der Waals surface area (Å²) in [6, 6.07) is 22.7. The lowest BCUT2D eigenvalue weighted by molar-refractivity contribution is -0.140. The highest BCUT2D eigenvalue weighted by molar-refractivity contribution is 14.1. The second-order valence-corrected chi connectivity index (χ2v) is 18.5. The Hall–Kier alpha value is -4.15. The first-order valence-electron chi connectivity index (χ1n) is 21.3. The van der Waals surface area contributed by atoms with Gasteiger partial charge in [-0.3, -0.25) is 23.9 Å². The third-order valence-electron chi connectivity index (χ3n) is 12.2. The van der Waals surface area contributed by atoms with E-state index in [0.29, 0.717) is 91.5 Å². The molecule has 3 fully saturated rings. The van der Waals surface area contributed by atoms with Gasteiger partial charge in [0.2, 0.25) is 5.91 Å². The number of aromatic nitrogens is 3. The number of carbonyl (C=O) groups is 2. The van der Waals surface area contributed by atoms with Crippen LogP contribution in [0.3, 0.4) is 0 Å². The van der Waals surface area contributed by atoms with E-state index in [1.54, 1.807) is 24.3 Å². The summed E-state index contributed by atoms with van der Waals surface area (Å²) in [6.07, 6.45) is 7.13. The molecule has 3 aliphatic rings. The maximum Gasteiger partial charge on any atom is 0.261 e. The van der Waals surface area contributed by atoms with Crippen molar-refractivity contribution in [2.24, 2.45) is 5.92 Å². The molecular weight excluding hydrogens is 893 g/mol. The maximum atomic E-state index is 14.1. The van der Waals surface area contributed by atoms with Gasteiger partial charge in [-0.15, -0.1) is 0 Å². The van der Waals surface area contributed by atoms with Crippen molar-refractivity contribution in [3.8, 4) is 5.75 Å². The number of halogens is 2. The van der Waals surface area contributed by atoms with Gasteiger partial charge in [-0.2, -0.15) is 0 Å². The lowest BCUT2D eigenvalue weighted by atomic mass is 9.88. The minimum Gasteiger partial charge on any atom is -0.493 e. The van der Waals surface area contributed by atoms with E-state index in [4.69, 9.17) is 21.3 Å². The molecule has 1 aliphatic carbocycles. The van der Waals surface area contributed by atoms with Crippen molar-refractivity contribution in [2.75, 3.05) is 59.0 Å². The molecule has 0 unspecified atom stereocenters. The van der Waals surface area contributed by atoms with Crippen molar-refractivity contribution in [2.45, 2.75) is 69.4 Å². The topological polar surface area (TPSA) is 133 Å². The Morgan fingerprint density at radius 2 is 1.70 bits per heavy atom. The Bertz CT molecular complexity index is 2360. The third-order valence-corrected chi connectivity index (χ3v) is 13.5. The maximum absolute atomic E-state index is 14.1. The lowest BCUT2D eigenvalue weighted by Crippen LogP contribution is -2.51. The van der Waals surface area contributed by atoms with Crippen molar-refractivity contribution in [1.29, 1.82) is 0 Å². The first-order chi connectivity index (χ1) is 29.1. The minimum atomic E-state index is -1.16. The highest BCUT2D eigenvalue weighted by Crippen LogP contribution is 2.41. The average molecular weight is 946 g/mol. The third kappa shape index (κ3) is 10.6. The Morgan fingerprint density at radius 3 is 2.47 bits per heavy atom. The van der Waals surface area contributed by atoms with Gasteiger partial charge in [-0.25, -0.2) is 8.10 Å². The molecule has 2 aliphatic heterocycles. The molecule has 14 heteroatoms. The van der Waals surface area contributed by atoms with E-state index in [1.165, 1.54) is 10.9 Å². The highest BCUT2D eigenvalue weighted by atomic mass is 127. The number of aliphatic hydroxyl groups is 1. The number of fused-ring (bicyclic) bond motifs is 2. The van der Waals surface area contributed by atoms with Gasteiger partial charge in [0.05, 0.1) is 46.5 Å². The van der Waals surface area contributed by atoms with Gasteiger partial charge in [-0.1, -0.05) is 48.0 Å². The van der Waals surface area contributed by atoms with E-state index >= 15 is 0 Å². The molecule has 2 saturated heterocycles. The van der Waals surface area contributed by atoms with Crippen LogP contribution in [0.4, 0.5) is 0 Å². The molecule has 60 heavy (non-hydrogen) atoms. The fourth-order valence-corrected chi connectivity index (χ4v) is 9.14. The molecule has 8 rings (SSSR count). The zero-order chi connectivity index (χ0) is 41.6. The number of hydrogen-bond acceptors (Lipinski definition) is 9. The van der Waals surface area contributed by atoms with Gasteiger partial charge in [0.25, 0.3) is 11.5 Å². The molecule has 1 atom stereocenters. The number of ether oxygens (including phenoxy) is 1. The molecular formula is C46H53ClIN7O5. The molecule has 0 radical (unpaired) electrons. The van der Waals surface area contributed by atoms with E-state index in [9.17, 15) is 19.5 Å². The number of benzene rings is 3. The van der Waals surface area contributed by atoms with E-state index < -0.39 is 5.60 Å². The fourth-order valence-electron chi connectivity index (χ4n) is 8.44. The van der Waals surface area contributed by atoms with E-state index in [2.05, 4.69) is 41.2 Å². The first kappa shape index (κ1) is 42.5. The average Bonchev–Trinajstić information content (AvgIpc) is 4.11. The largest absolute Gasteiger partial charge is 0.493 e. The monoisotopic (exact) mass is 945 g/mol. The highest BCUT2D eigenvalue weighted by Gasteiger charge is 2.36. The predicted molar refractivity (Wildman–Crippen MR) is 243 cm³/mol. The normalized spacial score (nSPS) is 17.8. The van der Waals surface area contributed by atoms with Gasteiger partial charge in [-0.05, 0) is 87.3 Å². The van der Waals surface area contributed by atoms with Crippen molar-refractivity contribution >= 4 is 68.1 Å². The van der Waals surface area contributed by atoms with Gasteiger partial charge in [0.1, 0.15) is 5.75 Å². The second-order valence-electron chi connectivity index (χ2n) is 16.7. The summed E-state index contributed by atoms with van der Waals surface area (Å²) >= 11 is 8.92. The standard InChI is InChI=1S/C46H53ClIN7O5/c47-39-29-40(33-9-10-33)51-42-27-34(11-13-37(39)42)43(56)49-17-4-8-35(26-32-6-2-1-3-7-32)44(57)53-19-15-46(59,16-20-53)30-54-31-50-41-28-36(12-14-38(41)45(54)58)60-25-5-18-52-21-23-55(48)24-22-52/h1-3,6-7,11-14,27-29,31,33,35,59H,4-5,8-10,15-26,30H2,(H,49,56)/t35-/m1/s1. The molecule has 4 heterocycles. The van der Waals surface area contributed by atoms with Crippen LogP contribution in [-0.2, 0) is 17.8 Å². The number of piperidine rings is 1. The Labute approximate surface area is 369 Å². The molecule has 316 valence electrons. The first-order valence-corrected chi connectivity index (χ1v) is 22.6. The molecule has 0 spiro atoms. The van der Waals surface area contributed by atoms with E-state index in [0.717, 1.165) is 74.1 Å². The van der Waals surface area contributed by atoms with Gasteiger partial charge >= 0.3 is 0 Å². The van der Waals surface area contributed by atoms with Crippen LogP contribution < -0.4 is 15.6 Å². The summed E-state index contributed by atoms with van der Waals surface area (Å²) in [6.45, 7) is 7.17. The van der Waals surface area contributed by atoms with Gasteiger partial charge < -0.3 is 25.0 Å². The molecule has 5 aromatic rings. The number of hydrogen-bond donors (Lipinski definition) is 2. The quantitative estimate of drug-likeness (QED) is 0.0636. The Morgan fingerprint density at radius 1 is 0.933 bits per heavy atom. The summed E-state index contributed by atoms with van der Waals surface area (Å²) < 4.78 is 9.81. The molecule has 12 nitrogen and oxygen atoms in total. The number of pyridine rings is 1. The minimum absolute atomic E-state index is 0.0396. The number of amides is 2. The van der Waals surface area contributed by atoms with Crippen molar-refractivity contribution in [1.82, 2.24) is 32.8 Å². The summed E-state index contributed by atoms with van der Waals surface area (Å²) in [5.74, 6) is 0.699. The van der Waals surface area contributed by atoms with Crippen LogP contribution in [0.1, 0.15) is 72.5 Å². The predicted octanol–water partition coefficient (Wildman–Crippen LogP) is 6.63. The second kappa shape index (κ2) is 19.3. The fraction of sp³-hybridized carbons (Fsp3) is 0.457. The Balaban J connectivity index is 0.836. The van der Waals surface area contributed by atoms with Crippen LogP contribution >= 0.6 is 34.5 Å². The van der Waals surface area contributed by atoms with Crippen LogP contribution in [-0.4, -0.2) is 109 Å².